The molecular weight excluding hydrogens is 381 g/mol. The SMILES string of the molecule is OC1(CNc2cc(C(F)(F)F)nc(-c3ccccn3)n2)CCCc2ccccc21. The van der Waals surface area contributed by atoms with Crippen molar-refractivity contribution >= 4 is 5.82 Å². The van der Waals surface area contributed by atoms with Crippen molar-refractivity contribution in [2.75, 3.05) is 11.9 Å². The van der Waals surface area contributed by atoms with Gasteiger partial charge in [-0.2, -0.15) is 13.2 Å². The van der Waals surface area contributed by atoms with Crippen LogP contribution in [0.25, 0.3) is 11.5 Å². The molecule has 0 aliphatic heterocycles. The minimum absolute atomic E-state index is 0.00976. The normalized spacial score (nSPS) is 18.9. The van der Waals surface area contributed by atoms with Crippen molar-refractivity contribution in [3.63, 3.8) is 0 Å². The molecule has 1 atom stereocenters. The molecule has 1 unspecified atom stereocenters. The van der Waals surface area contributed by atoms with Crippen LogP contribution in [0.15, 0.2) is 54.7 Å². The lowest BCUT2D eigenvalue weighted by molar-refractivity contribution is -0.141. The number of hydrogen-bond acceptors (Lipinski definition) is 5. The molecule has 2 N–H and O–H groups in total. The number of aromatic nitrogens is 3. The van der Waals surface area contributed by atoms with Crippen LogP contribution in [0.4, 0.5) is 19.0 Å². The average Bonchev–Trinajstić information content (AvgIpc) is 2.73. The van der Waals surface area contributed by atoms with Crippen molar-refractivity contribution < 1.29 is 18.3 Å². The van der Waals surface area contributed by atoms with Crippen LogP contribution in [0.3, 0.4) is 0 Å². The molecule has 1 aliphatic rings. The van der Waals surface area contributed by atoms with E-state index in [0.717, 1.165) is 30.0 Å². The van der Waals surface area contributed by atoms with Crippen LogP contribution in [0.5, 0.6) is 0 Å². The highest BCUT2D eigenvalue weighted by Crippen LogP contribution is 2.36. The molecule has 1 aromatic carbocycles. The third-order valence-electron chi connectivity index (χ3n) is 5.03. The minimum atomic E-state index is -4.63. The van der Waals surface area contributed by atoms with Crippen LogP contribution >= 0.6 is 0 Å². The Hall–Kier alpha value is -3.00. The summed E-state index contributed by atoms with van der Waals surface area (Å²) < 4.78 is 40.0. The monoisotopic (exact) mass is 400 g/mol. The van der Waals surface area contributed by atoms with Gasteiger partial charge in [0.15, 0.2) is 11.5 Å². The Morgan fingerprint density at radius 2 is 1.86 bits per heavy atom. The van der Waals surface area contributed by atoms with Crippen LogP contribution in [0, 0.1) is 0 Å². The maximum atomic E-state index is 13.3. The smallest absolute Gasteiger partial charge is 0.383 e. The minimum Gasteiger partial charge on any atom is -0.383 e. The third kappa shape index (κ3) is 4.07. The largest absolute Gasteiger partial charge is 0.433 e. The fraction of sp³-hybridized carbons (Fsp3) is 0.286. The number of nitrogens with zero attached hydrogens (tertiary/aromatic N) is 3. The van der Waals surface area contributed by atoms with E-state index < -0.39 is 17.5 Å². The number of aryl methyl sites for hydroxylation is 1. The zero-order valence-electron chi connectivity index (χ0n) is 15.4. The number of hydrogen-bond donors (Lipinski definition) is 2. The number of pyridine rings is 1. The fourth-order valence-corrected chi connectivity index (χ4v) is 3.61. The number of halogens is 3. The fourth-order valence-electron chi connectivity index (χ4n) is 3.61. The van der Waals surface area contributed by atoms with E-state index in [1.54, 1.807) is 18.2 Å². The van der Waals surface area contributed by atoms with Crippen LogP contribution in [0.1, 0.15) is 29.7 Å². The number of nitrogens with one attached hydrogen (secondary N) is 1. The highest BCUT2D eigenvalue weighted by atomic mass is 19.4. The molecule has 0 spiro atoms. The summed E-state index contributed by atoms with van der Waals surface area (Å²) >= 11 is 0. The number of anilines is 1. The topological polar surface area (TPSA) is 70.9 Å². The second-order valence-corrected chi connectivity index (χ2v) is 7.07. The molecule has 5 nitrogen and oxygen atoms in total. The molecule has 2 aromatic heterocycles. The van der Waals surface area contributed by atoms with E-state index in [9.17, 15) is 18.3 Å². The van der Waals surface area contributed by atoms with E-state index in [1.165, 1.54) is 6.20 Å². The summed E-state index contributed by atoms with van der Waals surface area (Å²) in [4.78, 5) is 11.9. The molecule has 8 heteroatoms. The molecule has 150 valence electrons. The molecule has 0 fully saturated rings. The number of aliphatic hydroxyl groups is 1. The lowest BCUT2D eigenvalue weighted by Crippen LogP contribution is -2.37. The van der Waals surface area contributed by atoms with E-state index in [-0.39, 0.29) is 23.9 Å². The summed E-state index contributed by atoms with van der Waals surface area (Å²) in [6.45, 7) is 0.0416. The van der Waals surface area contributed by atoms with E-state index in [0.29, 0.717) is 6.42 Å². The quantitative estimate of drug-likeness (QED) is 0.687. The van der Waals surface area contributed by atoms with E-state index in [2.05, 4.69) is 20.3 Å². The second kappa shape index (κ2) is 7.44. The lowest BCUT2D eigenvalue weighted by atomic mass is 9.79. The molecule has 0 radical (unpaired) electrons. The van der Waals surface area contributed by atoms with E-state index in [4.69, 9.17) is 0 Å². The Balaban J connectivity index is 1.65. The summed E-state index contributed by atoms with van der Waals surface area (Å²) in [6.07, 6.45) is -0.980. The van der Waals surface area contributed by atoms with Gasteiger partial charge in [-0.3, -0.25) is 4.98 Å². The summed E-state index contributed by atoms with van der Waals surface area (Å²) in [6, 6.07) is 13.3. The van der Waals surface area contributed by atoms with Gasteiger partial charge in [0, 0.05) is 18.8 Å². The first-order chi connectivity index (χ1) is 13.9. The van der Waals surface area contributed by atoms with Gasteiger partial charge in [-0.15, -0.1) is 0 Å². The standard InChI is InChI=1S/C21H19F3N4O/c22-21(23,24)17-12-18(28-19(27-17)16-9-3-4-11-25-16)26-13-20(29)10-5-7-14-6-1-2-8-15(14)20/h1-4,6,8-9,11-12,29H,5,7,10,13H2,(H,26,27,28). The van der Waals surface area contributed by atoms with Crippen molar-refractivity contribution in [2.24, 2.45) is 0 Å². The molecular formula is C21H19F3N4O. The Morgan fingerprint density at radius 1 is 1.07 bits per heavy atom. The Labute approximate surface area is 165 Å². The number of rotatable bonds is 4. The van der Waals surface area contributed by atoms with Gasteiger partial charge in [0.1, 0.15) is 17.1 Å². The average molecular weight is 400 g/mol. The van der Waals surface area contributed by atoms with Crippen LogP contribution in [-0.2, 0) is 18.2 Å². The Morgan fingerprint density at radius 3 is 2.62 bits per heavy atom. The first-order valence-corrected chi connectivity index (χ1v) is 9.27. The first kappa shape index (κ1) is 19.3. The van der Waals surface area contributed by atoms with Gasteiger partial charge in [-0.25, -0.2) is 9.97 Å². The molecule has 2 heterocycles. The van der Waals surface area contributed by atoms with E-state index in [1.807, 2.05) is 24.3 Å². The molecule has 29 heavy (non-hydrogen) atoms. The third-order valence-corrected chi connectivity index (χ3v) is 5.03. The van der Waals surface area contributed by atoms with Gasteiger partial charge < -0.3 is 10.4 Å². The molecule has 3 aromatic rings. The van der Waals surface area contributed by atoms with Gasteiger partial charge in [0.25, 0.3) is 0 Å². The van der Waals surface area contributed by atoms with Crippen molar-refractivity contribution in [3.05, 3.63) is 71.5 Å². The second-order valence-electron chi connectivity index (χ2n) is 7.07. The van der Waals surface area contributed by atoms with Gasteiger partial charge in [-0.05, 0) is 42.5 Å². The highest BCUT2D eigenvalue weighted by Gasteiger charge is 2.36. The molecule has 0 bridgehead atoms. The van der Waals surface area contributed by atoms with Crippen molar-refractivity contribution in [1.82, 2.24) is 15.0 Å². The maximum Gasteiger partial charge on any atom is 0.433 e. The maximum absolute atomic E-state index is 13.3. The van der Waals surface area contributed by atoms with Gasteiger partial charge in [0.2, 0.25) is 0 Å². The summed E-state index contributed by atoms with van der Waals surface area (Å²) in [5.74, 6) is -0.136. The van der Waals surface area contributed by atoms with Gasteiger partial charge in [0.05, 0.1) is 0 Å². The van der Waals surface area contributed by atoms with Crippen molar-refractivity contribution in [1.29, 1.82) is 0 Å². The zero-order valence-corrected chi connectivity index (χ0v) is 15.4. The molecule has 0 saturated carbocycles. The number of fused-ring (bicyclic) bond motifs is 1. The van der Waals surface area contributed by atoms with Gasteiger partial charge in [-0.1, -0.05) is 30.3 Å². The number of alkyl halides is 3. The zero-order chi connectivity index (χ0) is 20.5. The molecule has 0 saturated heterocycles. The van der Waals surface area contributed by atoms with Gasteiger partial charge >= 0.3 is 6.18 Å². The summed E-state index contributed by atoms with van der Waals surface area (Å²) in [5, 5.41) is 14.0. The van der Waals surface area contributed by atoms with Crippen molar-refractivity contribution in [2.45, 2.75) is 31.0 Å². The van der Waals surface area contributed by atoms with Crippen LogP contribution < -0.4 is 5.32 Å². The van der Waals surface area contributed by atoms with Crippen LogP contribution in [0.2, 0.25) is 0 Å². The van der Waals surface area contributed by atoms with Crippen LogP contribution in [-0.4, -0.2) is 26.6 Å². The first-order valence-electron chi connectivity index (χ1n) is 9.27. The summed E-state index contributed by atoms with van der Waals surface area (Å²) in [7, 11) is 0. The molecule has 1 aliphatic carbocycles. The van der Waals surface area contributed by atoms with Crippen molar-refractivity contribution in [3.8, 4) is 11.5 Å². The molecule has 4 rings (SSSR count). The lowest BCUT2D eigenvalue weighted by Gasteiger charge is -2.34. The predicted molar refractivity (Wildman–Crippen MR) is 102 cm³/mol. The Bertz CT molecular complexity index is 1010. The number of benzene rings is 1. The van der Waals surface area contributed by atoms with E-state index >= 15 is 0 Å². The predicted octanol–water partition coefficient (Wildman–Crippen LogP) is 4.19. The highest BCUT2D eigenvalue weighted by molar-refractivity contribution is 5.53. The summed E-state index contributed by atoms with van der Waals surface area (Å²) in [5.41, 5.74) is -0.150. The Kier molecular flexibility index (Phi) is 4.96. The molecule has 0 amide bonds.